The van der Waals surface area contributed by atoms with Gasteiger partial charge in [0.1, 0.15) is 12.4 Å². The first-order chi connectivity index (χ1) is 12.0. The molecule has 0 aromatic heterocycles. The maximum Gasteiger partial charge on any atom is 0.253 e. The van der Waals surface area contributed by atoms with E-state index >= 15 is 0 Å². The Labute approximate surface area is 153 Å². The number of carbonyl (C=O) groups is 1. The molecule has 0 saturated carbocycles. The van der Waals surface area contributed by atoms with E-state index in [4.69, 9.17) is 25.8 Å². The maximum atomic E-state index is 12.6. The first-order valence-corrected chi connectivity index (χ1v) is 8.20. The van der Waals surface area contributed by atoms with E-state index in [9.17, 15) is 4.79 Å². The van der Waals surface area contributed by atoms with E-state index in [1.54, 1.807) is 24.1 Å². The van der Waals surface area contributed by atoms with E-state index in [0.717, 1.165) is 11.3 Å². The lowest BCUT2D eigenvalue weighted by atomic mass is 10.1. The number of nitrogens with zero attached hydrogens (tertiary/aromatic N) is 1. The molecule has 134 valence electrons. The van der Waals surface area contributed by atoms with Crippen LogP contribution in [0.5, 0.6) is 17.2 Å². The molecule has 25 heavy (non-hydrogen) atoms. The summed E-state index contributed by atoms with van der Waals surface area (Å²) in [5.41, 5.74) is 1.56. The van der Waals surface area contributed by atoms with Gasteiger partial charge in [0, 0.05) is 12.6 Å². The number of rotatable bonds is 7. The van der Waals surface area contributed by atoms with Crippen molar-refractivity contribution in [3.8, 4) is 17.2 Å². The van der Waals surface area contributed by atoms with Crippen LogP contribution in [0.25, 0.3) is 0 Å². The molecule has 0 fully saturated rings. The summed E-state index contributed by atoms with van der Waals surface area (Å²) in [4.78, 5) is 14.2. The van der Waals surface area contributed by atoms with Crippen LogP contribution in [0.2, 0.25) is 5.02 Å². The second-order valence-electron chi connectivity index (χ2n) is 5.59. The van der Waals surface area contributed by atoms with Gasteiger partial charge in [0.2, 0.25) is 0 Å². The molecule has 0 aliphatic rings. The zero-order chi connectivity index (χ0) is 18.4. The van der Waals surface area contributed by atoms with Crippen LogP contribution in [0.1, 0.15) is 15.9 Å². The van der Waals surface area contributed by atoms with Crippen molar-refractivity contribution in [2.24, 2.45) is 0 Å². The van der Waals surface area contributed by atoms with E-state index < -0.39 is 0 Å². The number of hydrogen-bond acceptors (Lipinski definition) is 4. The van der Waals surface area contributed by atoms with Gasteiger partial charge < -0.3 is 19.1 Å². The number of likely N-dealkylation sites (N-methyl/N-ethyl adjacent to an activating group) is 1. The van der Waals surface area contributed by atoms with Gasteiger partial charge in [-0.15, -0.1) is 0 Å². The summed E-state index contributed by atoms with van der Waals surface area (Å²) < 4.78 is 16.1. The smallest absolute Gasteiger partial charge is 0.253 e. The molecule has 0 saturated heterocycles. The minimum absolute atomic E-state index is 0.171. The number of carbonyl (C=O) groups excluding carboxylic acids is 1. The van der Waals surface area contributed by atoms with Gasteiger partial charge in [-0.1, -0.05) is 23.7 Å². The summed E-state index contributed by atoms with van der Waals surface area (Å²) >= 11 is 6.16. The fourth-order valence-electron chi connectivity index (χ4n) is 2.37. The number of hydrogen-bond donors (Lipinski definition) is 0. The summed E-state index contributed by atoms with van der Waals surface area (Å²) in [6.07, 6.45) is 0. The standard InChI is InChI=1S/C19H22ClNO4/c1-13-6-5-7-15(10-13)25-9-8-21(2)19(22)14-11-16(20)18(24-4)17(12-14)23-3/h5-7,10-12H,8-9H2,1-4H3. The topological polar surface area (TPSA) is 48.0 Å². The van der Waals surface area contributed by atoms with Crippen molar-refractivity contribution in [3.63, 3.8) is 0 Å². The first-order valence-electron chi connectivity index (χ1n) is 7.82. The summed E-state index contributed by atoms with van der Waals surface area (Å²) in [5, 5.41) is 0.328. The number of benzene rings is 2. The van der Waals surface area contributed by atoms with Crippen molar-refractivity contribution >= 4 is 17.5 Å². The lowest BCUT2D eigenvalue weighted by molar-refractivity contribution is 0.0773. The molecular weight excluding hydrogens is 342 g/mol. The monoisotopic (exact) mass is 363 g/mol. The minimum Gasteiger partial charge on any atom is -0.493 e. The molecule has 0 N–H and O–H groups in total. The molecule has 0 bridgehead atoms. The van der Waals surface area contributed by atoms with Crippen molar-refractivity contribution in [1.82, 2.24) is 4.90 Å². The quantitative estimate of drug-likeness (QED) is 0.750. The summed E-state index contributed by atoms with van der Waals surface area (Å²) in [6.45, 7) is 2.84. The zero-order valence-corrected chi connectivity index (χ0v) is 15.6. The van der Waals surface area contributed by atoms with Gasteiger partial charge in [-0.2, -0.15) is 0 Å². The first kappa shape index (κ1) is 18.9. The summed E-state index contributed by atoms with van der Waals surface area (Å²) in [6, 6.07) is 11.0. The Bertz CT molecular complexity index is 748. The Morgan fingerprint density at radius 1 is 1.16 bits per heavy atom. The summed E-state index contributed by atoms with van der Waals surface area (Å²) in [7, 11) is 4.72. The maximum absolute atomic E-state index is 12.6. The third kappa shape index (κ3) is 4.79. The SMILES string of the molecule is COc1cc(C(=O)N(C)CCOc2cccc(C)c2)cc(Cl)c1OC. The Balaban J connectivity index is 2.01. The fourth-order valence-corrected chi connectivity index (χ4v) is 2.66. The predicted molar refractivity (Wildman–Crippen MR) is 98.2 cm³/mol. The zero-order valence-electron chi connectivity index (χ0n) is 14.8. The molecular formula is C19H22ClNO4. The van der Waals surface area contributed by atoms with Gasteiger partial charge in [0.25, 0.3) is 5.91 Å². The van der Waals surface area contributed by atoms with Crippen LogP contribution in [0.3, 0.4) is 0 Å². The molecule has 0 spiro atoms. The van der Waals surface area contributed by atoms with E-state index in [-0.39, 0.29) is 5.91 Å². The molecule has 0 heterocycles. The van der Waals surface area contributed by atoms with Crippen LogP contribution in [-0.2, 0) is 0 Å². The van der Waals surface area contributed by atoms with Gasteiger partial charge in [-0.3, -0.25) is 4.79 Å². The Kier molecular flexibility index (Phi) is 6.53. The molecule has 2 aromatic carbocycles. The lowest BCUT2D eigenvalue weighted by Crippen LogP contribution is -2.30. The van der Waals surface area contributed by atoms with E-state index in [2.05, 4.69) is 0 Å². The van der Waals surface area contributed by atoms with Gasteiger partial charge >= 0.3 is 0 Å². The van der Waals surface area contributed by atoms with Crippen molar-refractivity contribution in [3.05, 3.63) is 52.5 Å². The number of halogens is 1. The highest BCUT2D eigenvalue weighted by Gasteiger charge is 2.18. The third-order valence-electron chi connectivity index (χ3n) is 3.71. The molecule has 0 unspecified atom stereocenters. The van der Waals surface area contributed by atoms with Gasteiger partial charge in [-0.25, -0.2) is 0 Å². The number of aryl methyl sites for hydroxylation is 1. The van der Waals surface area contributed by atoms with Crippen molar-refractivity contribution in [2.75, 3.05) is 34.4 Å². The van der Waals surface area contributed by atoms with Crippen molar-refractivity contribution in [2.45, 2.75) is 6.92 Å². The highest BCUT2D eigenvalue weighted by molar-refractivity contribution is 6.32. The van der Waals surface area contributed by atoms with Gasteiger partial charge in [-0.05, 0) is 36.8 Å². The molecule has 1 amide bonds. The molecule has 2 aromatic rings. The third-order valence-corrected chi connectivity index (χ3v) is 3.99. The molecule has 0 atom stereocenters. The van der Waals surface area contributed by atoms with E-state index in [0.29, 0.717) is 35.2 Å². The molecule has 2 rings (SSSR count). The lowest BCUT2D eigenvalue weighted by Gasteiger charge is -2.19. The Morgan fingerprint density at radius 2 is 1.92 bits per heavy atom. The average molecular weight is 364 g/mol. The minimum atomic E-state index is -0.171. The van der Waals surface area contributed by atoms with Crippen LogP contribution >= 0.6 is 11.6 Å². The van der Waals surface area contributed by atoms with Crippen LogP contribution in [0.15, 0.2) is 36.4 Å². The number of amides is 1. The van der Waals surface area contributed by atoms with E-state index in [1.165, 1.54) is 14.2 Å². The van der Waals surface area contributed by atoms with Crippen molar-refractivity contribution < 1.29 is 19.0 Å². The second-order valence-corrected chi connectivity index (χ2v) is 5.99. The fraction of sp³-hybridized carbons (Fsp3) is 0.316. The van der Waals surface area contributed by atoms with Crippen LogP contribution in [0.4, 0.5) is 0 Å². The molecule has 0 radical (unpaired) electrons. The normalized spacial score (nSPS) is 10.3. The molecule has 0 aliphatic carbocycles. The van der Waals surface area contributed by atoms with Crippen LogP contribution in [-0.4, -0.2) is 45.2 Å². The largest absolute Gasteiger partial charge is 0.493 e. The highest BCUT2D eigenvalue weighted by atomic mass is 35.5. The molecule has 0 aliphatic heterocycles. The van der Waals surface area contributed by atoms with Crippen LogP contribution in [0, 0.1) is 6.92 Å². The van der Waals surface area contributed by atoms with E-state index in [1.807, 2.05) is 31.2 Å². The Morgan fingerprint density at radius 3 is 2.56 bits per heavy atom. The number of ether oxygens (including phenoxy) is 3. The predicted octanol–water partition coefficient (Wildman–Crippen LogP) is 3.82. The summed E-state index contributed by atoms with van der Waals surface area (Å²) in [5.74, 6) is 1.44. The van der Waals surface area contributed by atoms with Crippen molar-refractivity contribution in [1.29, 1.82) is 0 Å². The number of methoxy groups -OCH3 is 2. The van der Waals surface area contributed by atoms with Crippen LogP contribution < -0.4 is 14.2 Å². The molecule has 5 nitrogen and oxygen atoms in total. The average Bonchev–Trinajstić information content (AvgIpc) is 2.60. The molecule has 6 heteroatoms. The highest BCUT2D eigenvalue weighted by Crippen LogP contribution is 2.36. The Hall–Kier alpha value is -2.40. The van der Waals surface area contributed by atoms with Gasteiger partial charge in [0.15, 0.2) is 11.5 Å². The van der Waals surface area contributed by atoms with Gasteiger partial charge in [0.05, 0.1) is 25.8 Å². The second kappa shape index (κ2) is 8.62.